The van der Waals surface area contributed by atoms with E-state index in [0.29, 0.717) is 6.42 Å². The molecule has 42 heavy (non-hydrogen) atoms. The van der Waals surface area contributed by atoms with Crippen molar-refractivity contribution in [3.8, 4) is 0 Å². The molecule has 0 aromatic heterocycles. The summed E-state index contributed by atoms with van der Waals surface area (Å²) < 4.78 is 0. The predicted molar refractivity (Wildman–Crippen MR) is 156 cm³/mol. The summed E-state index contributed by atoms with van der Waals surface area (Å²) in [7, 11) is 0. The largest absolute Gasteiger partial charge is 0.480 e. The third-order valence-corrected chi connectivity index (χ3v) is 6.80. The Morgan fingerprint density at radius 2 is 1.40 bits per heavy atom. The monoisotopic (exact) mass is 580 g/mol. The second-order valence-corrected chi connectivity index (χ2v) is 10.7. The molecule has 0 fully saturated rings. The van der Waals surface area contributed by atoms with Crippen LogP contribution in [0.2, 0.25) is 0 Å². The Bertz CT molecular complexity index is 1250. The molecule has 0 radical (unpaired) electrons. The number of hydrogen-bond donors (Lipinski definition) is 5. The zero-order valence-electron chi connectivity index (χ0n) is 24.4. The lowest BCUT2D eigenvalue weighted by atomic mass is 9.96. The number of nitrogens with one attached hydrogen (secondary N) is 4. The summed E-state index contributed by atoms with van der Waals surface area (Å²) in [6.07, 6.45) is 0.449. The van der Waals surface area contributed by atoms with Gasteiger partial charge in [0.1, 0.15) is 17.6 Å². The lowest BCUT2D eigenvalue weighted by Gasteiger charge is -2.28. The number of aliphatic carboxylic acids is 1. The van der Waals surface area contributed by atoms with E-state index >= 15 is 0 Å². The molecule has 4 amide bonds. The van der Waals surface area contributed by atoms with E-state index < -0.39 is 47.1 Å². The van der Waals surface area contributed by atoms with Crippen LogP contribution in [0.1, 0.15) is 51.7 Å². The van der Waals surface area contributed by atoms with Crippen LogP contribution in [0.4, 0.5) is 0 Å². The van der Waals surface area contributed by atoms with Crippen LogP contribution in [0.5, 0.6) is 0 Å². The van der Waals surface area contributed by atoms with Gasteiger partial charge in [-0.2, -0.15) is 0 Å². The third kappa shape index (κ3) is 10.8. The maximum absolute atomic E-state index is 13.0. The van der Waals surface area contributed by atoms with Crippen molar-refractivity contribution in [3.63, 3.8) is 0 Å². The van der Waals surface area contributed by atoms with Gasteiger partial charge in [-0.15, -0.1) is 0 Å². The first kappa shape index (κ1) is 33.7. The van der Waals surface area contributed by atoms with E-state index in [2.05, 4.69) is 21.3 Å². The molecular formula is C31H40N4O7. The van der Waals surface area contributed by atoms with Crippen LogP contribution in [-0.2, 0) is 41.6 Å². The highest BCUT2D eigenvalue weighted by Crippen LogP contribution is 2.11. The number of Topliss-reactive ketones (excluding diaryl/α,β-unsaturated/α-hetero) is 1. The Kier molecular flexibility index (Phi) is 12.9. The molecule has 0 saturated carbocycles. The lowest BCUT2D eigenvalue weighted by molar-refractivity contribution is -0.147. The van der Waals surface area contributed by atoms with Crippen molar-refractivity contribution in [1.29, 1.82) is 0 Å². The SMILES string of the molecule is CCC(C)C(NC(=O)C(=O)CCNC(=O)C(Cc1ccccc1)NC(=O)Cc1ccccc1)C(=O)NC(C)(C)C(=O)O. The van der Waals surface area contributed by atoms with Gasteiger partial charge in [-0.3, -0.25) is 24.0 Å². The number of rotatable bonds is 16. The smallest absolute Gasteiger partial charge is 0.328 e. The van der Waals surface area contributed by atoms with Crippen LogP contribution in [-0.4, -0.2) is 64.7 Å². The molecule has 5 N–H and O–H groups in total. The van der Waals surface area contributed by atoms with E-state index in [4.69, 9.17) is 0 Å². The molecule has 0 saturated heterocycles. The van der Waals surface area contributed by atoms with Crippen molar-refractivity contribution in [2.45, 2.75) is 71.0 Å². The number of carbonyl (C=O) groups excluding carboxylic acids is 5. The molecule has 2 aromatic carbocycles. The Morgan fingerprint density at radius 1 is 0.833 bits per heavy atom. The van der Waals surface area contributed by atoms with E-state index in [0.717, 1.165) is 11.1 Å². The van der Waals surface area contributed by atoms with Gasteiger partial charge in [0.15, 0.2) is 0 Å². The molecule has 0 spiro atoms. The number of ketones is 1. The summed E-state index contributed by atoms with van der Waals surface area (Å²) in [5, 5.41) is 19.5. The fourth-order valence-electron chi connectivity index (χ4n) is 3.98. The molecule has 3 unspecified atom stereocenters. The maximum Gasteiger partial charge on any atom is 0.328 e. The molecule has 0 aliphatic carbocycles. The average Bonchev–Trinajstić information content (AvgIpc) is 2.95. The zero-order chi connectivity index (χ0) is 31.3. The highest BCUT2D eigenvalue weighted by Gasteiger charge is 2.35. The number of carboxylic acids is 1. The summed E-state index contributed by atoms with van der Waals surface area (Å²) in [5.41, 5.74) is 0.0455. The molecule has 0 aliphatic heterocycles. The van der Waals surface area contributed by atoms with Gasteiger partial charge in [-0.1, -0.05) is 80.9 Å². The standard InChI is InChI=1S/C31H40N4O7/c1-5-20(2)26(29(40)35-31(3,4)30(41)42)34-28(39)24(36)16-17-32-27(38)23(18-21-12-8-6-9-13-21)33-25(37)19-22-14-10-7-11-15-22/h6-15,20,23,26H,5,16-19H2,1-4H3,(H,32,38)(H,33,37)(H,34,39)(H,35,40)(H,41,42). The zero-order valence-corrected chi connectivity index (χ0v) is 24.4. The maximum atomic E-state index is 13.0. The Hall–Kier alpha value is -4.54. The number of benzene rings is 2. The van der Waals surface area contributed by atoms with Crippen LogP contribution in [0.3, 0.4) is 0 Å². The van der Waals surface area contributed by atoms with E-state index in [1.165, 1.54) is 13.8 Å². The fraction of sp³-hybridized carbons (Fsp3) is 0.419. The minimum atomic E-state index is -1.57. The molecule has 0 aliphatic rings. The van der Waals surface area contributed by atoms with Gasteiger partial charge < -0.3 is 26.4 Å². The van der Waals surface area contributed by atoms with Gasteiger partial charge in [0, 0.05) is 19.4 Å². The van der Waals surface area contributed by atoms with Crippen molar-refractivity contribution in [3.05, 3.63) is 71.8 Å². The van der Waals surface area contributed by atoms with Crippen molar-refractivity contribution < 1.29 is 33.9 Å². The summed E-state index contributed by atoms with van der Waals surface area (Å²) in [5.74, 6) is -5.09. The van der Waals surface area contributed by atoms with Crippen molar-refractivity contribution in [2.75, 3.05) is 6.54 Å². The van der Waals surface area contributed by atoms with Crippen LogP contribution >= 0.6 is 0 Å². The molecule has 0 heterocycles. The van der Waals surface area contributed by atoms with E-state index in [-0.39, 0.29) is 37.6 Å². The summed E-state index contributed by atoms with van der Waals surface area (Å²) in [4.78, 5) is 75.1. The summed E-state index contributed by atoms with van der Waals surface area (Å²) >= 11 is 0. The fourth-order valence-corrected chi connectivity index (χ4v) is 3.98. The third-order valence-electron chi connectivity index (χ3n) is 6.80. The lowest BCUT2D eigenvalue weighted by Crippen LogP contribution is -2.58. The molecule has 2 aromatic rings. The Morgan fingerprint density at radius 3 is 1.95 bits per heavy atom. The van der Waals surface area contributed by atoms with Crippen molar-refractivity contribution >= 4 is 35.4 Å². The molecule has 11 heteroatoms. The van der Waals surface area contributed by atoms with Crippen molar-refractivity contribution in [2.24, 2.45) is 5.92 Å². The number of amides is 4. The second-order valence-electron chi connectivity index (χ2n) is 10.7. The van der Waals surface area contributed by atoms with E-state index in [1.54, 1.807) is 13.8 Å². The number of carboxylic acid groups (broad SMARTS) is 1. The highest BCUT2D eigenvalue weighted by molar-refractivity contribution is 6.36. The van der Waals surface area contributed by atoms with E-state index in [1.807, 2.05) is 60.7 Å². The molecule has 11 nitrogen and oxygen atoms in total. The van der Waals surface area contributed by atoms with Gasteiger partial charge in [0.05, 0.1) is 6.42 Å². The summed E-state index contributed by atoms with van der Waals surface area (Å²) in [6.45, 7) is 5.94. The molecule has 226 valence electrons. The highest BCUT2D eigenvalue weighted by atomic mass is 16.4. The van der Waals surface area contributed by atoms with Gasteiger partial charge >= 0.3 is 5.97 Å². The quantitative estimate of drug-likeness (QED) is 0.188. The van der Waals surface area contributed by atoms with Crippen molar-refractivity contribution in [1.82, 2.24) is 21.3 Å². The molecular weight excluding hydrogens is 540 g/mol. The molecule has 3 atom stereocenters. The normalized spacial score (nSPS) is 13.1. The first-order valence-electron chi connectivity index (χ1n) is 13.9. The van der Waals surface area contributed by atoms with Gasteiger partial charge in [-0.25, -0.2) is 4.79 Å². The summed E-state index contributed by atoms with van der Waals surface area (Å²) in [6, 6.07) is 16.2. The first-order chi connectivity index (χ1) is 19.8. The Balaban J connectivity index is 1.99. The van der Waals surface area contributed by atoms with Crippen LogP contribution in [0, 0.1) is 5.92 Å². The first-order valence-corrected chi connectivity index (χ1v) is 13.9. The number of carbonyl (C=O) groups is 6. The Labute approximate surface area is 245 Å². The minimum Gasteiger partial charge on any atom is -0.480 e. The second kappa shape index (κ2) is 16.0. The molecule has 2 rings (SSSR count). The van der Waals surface area contributed by atoms with Crippen LogP contribution in [0.25, 0.3) is 0 Å². The van der Waals surface area contributed by atoms with Gasteiger partial charge in [0.2, 0.25) is 23.5 Å². The predicted octanol–water partition coefficient (Wildman–Crippen LogP) is 1.54. The van der Waals surface area contributed by atoms with Gasteiger partial charge in [0.25, 0.3) is 5.91 Å². The molecule has 0 bridgehead atoms. The average molecular weight is 581 g/mol. The topological polar surface area (TPSA) is 171 Å². The van der Waals surface area contributed by atoms with Gasteiger partial charge in [-0.05, 0) is 30.9 Å². The van der Waals surface area contributed by atoms with E-state index in [9.17, 15) is 33.9 Å². The number of hydrogen-bond acceptors (Lipinski definition) is 6. The minimum absolute atomic E-state index is 0.0899. The van der Waals surface area contributed by atoms with Crippen LogP contribution < -0.4 is 21.3 Å². The van der Waals surface area contributed by atoms with Crippen LogP contribution in [0.15, 0.2) is 60.7 Å².